The number of benzene rings is 1. The van der Waals surface area contributed by atoms with E-state index in [0.717, 1.165) is 0 Å². The van der Waals surface area contributed by atoms with Crippen molar-refractivity contribution in [2.24, 2.45) is 11.8 Å². The summed E-state index contributed by atoms with van der Waals surface area (Å²) in [6, 6.07) is 7.12. The molecule has 1 aromatic heterocycles. The van der Waals surface area contributed by atoms with Crippen LogP contribution in [0.4, 0.5) is 8.78 Å². The number of carboxylic acids is 1. The number of carboxylic acid groups (broad SMARTS) is 1. The van der Waals surface area contributed by atoms with E-state index in [2.05, 4.69) is 10.3 Å². The SMILES string of the molecule is C[C@@H]1[C@@H](C(=O)NC(C)(Cn2cnc3ccccc32)C(=O)O)C1(F)F. The molecule has 3 atom stereocenters. The summed E-state index contributed by atoms with van der Waals surface area (Å²) >= 11 is 0. The zero-order chi connectivity index (χ0) is 17.7. The molecule has 0 spiro atoms. The Balaban J connectivity index is 1.84. The van der Waals surface area contributed by atoms with Crippen LogP contribution in [0.5, 0.6) is 0 Å². The number of amides is 1. The van der Waals surface area contributed by atoms with Gasteiger partial charge in [0, 0.05) is 5.92 Å². The number of nitrogens with one attached hydrogen (secondary N) is 1. The van der Waals surface area contributed by atoms with Gasteiger partial charge in [-0.1, -0.05) is 19.1 Å². The average molecular weight is 337 g/mol. The van der Waals surface area contributed by atoms with Gasteiger partial charge in [0.05, 0.1) is 23.9 Å². The predicted octanol–water partition coefficient (Wildman–Crippen LogP) is 1.90. The molecule has 2 N–H and O–H groups in total. The lowest BCUT2D eigenvalue weighted by atomic mass is 10.0. The number of fused-ring (bicyclic) bond motifs is 1. The number of rotatable bonds is 5. The van der Waals surface area contributed by atoms with Crippen LogP contribution in [0.3, 0.4) is 0 Å². The Labute approximate surface area is 136 Å². The lowest BCUT2D eigenvalue weighted by Gasteiger charge is -2.27. The van der Waals surface area contributed by atoms with Gasteiger partial charge in [0.25, 0.3) is 5.92 Å². The topological polar surface area (TPSA) is 84.2 Å². The Morgan fingerprint density at radius 2 is 2.04 bits per heavy atom. The summed E-state index contributed by atoms with van der Waals surface area (Å²) in [6.07, 6.45) is 1.46. The van der Waals surface area contributed by atoms with E-state index in [1.807, 2.05) is 0 Å². The van der Waals surface area contributed by atoms with E-state index in [9.17, 15) is 23.5 Å². The van der Waals surface area contributed by atoms with Crippen LogP contribution in [0.1, 0.15) is 13.8 Å². The molecule has 0 radical (unpaired) electrons. The minimum atomic E-state index is -3.08. The monoisotopic (exact) mass is 337 g/mol. The average Bonchev–Trinajstić information content (AvgIpc) is 2.82. The first-order chi connectivity index (χ1) is 11.2. The van der Waals surface area contributed by atoms with Gasteiger partial charge in [-0.3, -0.25) is 4.79 Å². The van der Waals surface area contributed by atoms with Crippen LogP contribution in [0, 0.1) is 11.8 Å². The first-order valence-electron chi connectivity index (χ1n) is 7.50. The fourth-order valence-electron chi connectivity index (χ4n) is 2.87. The third-order valence-electron chi connectivity index (χ3n) is 4.58. The molecule has 1 aromatic carbocycles. The van der Waals surface area contributed by atoms with E-state index >= 15 is 0 Å². The maximum Gasteiger partial charge on any atom is 0.331 e. The molecule has 1 amide bonds. The van der Waals surface area contributed by atoms with Crippen molar-refractivity contribution < 1.29 is 23.5 Å². The number of carbonyl (C=O) groups excluding carboxylic acids is 1. The van der Waals surface area contributed by atoms with Crippen LogP contribution in [0.2, 0.25) is 0 Å². The molecule has 1 unspecified atom stereocenters. The smallest absolute Gasteiger partial charge is 0.331 e. The standard InChI is InChI=1S/C16H17F2N3O3/c1-9-12(16(9,17)18)13(22)20-15(2,14(23)24)7-21-8-19-10-5-3-4-6-11(10)21/h3-6,8-9,12H,7H2,1-2H3,(H,20,22)(H,23,24)/t9-,12+,15?/m1/s1. The van der Waals surface area contributed by atoms with Crippen molar-refractivity contribution in [2.75, 3.05) is 0 Å². The summed E-state index contributed by atoms with van der Waals surface area (Å²) in [5.41, 5.74) is -0.345. The van der Waals surface area contributed by atoms with Crippen molar-refractivity contribution in [3.8, 4) is 0 Å². The fraction of sp³-hybridized carbons (Fsp3) is 0.438. The minimum Gasteiger partial charge on any atom is -0.479 e. The van der Waals surface area contributed by atoms with Gasteiger partial charge in [0.1, 0.15) is 5.92 Å². The molecule has 1 fully saturated rings. The molecule has 1 aliphatic rings. The summed E-state index contributed by atoms with van der Waals surface area (Å²) in [5, 5.41) is 11.8. The quantitative estimate of drug-likeness (QED) is 0.873. The largest absolute Gasteiger partial charge is 0.479 e. The molecule has 1 heterocycles. The predicted molar refractivity (Wildman–Crippen MR) is 81.5 cm³/mol. The minimum absolute atomic E-state index is 0.124. The van der Waals surface area contributed by atoms with E-state index < -0.39 is 35.2 Å². The van der Waals surface area contributed by atoms with E-state index in [-0.39, 0.29) is 6.54 Å². The summed E-state index contributed by atoms with van der Waals surface area (Å²) in [6.45, 7) is 2.44. The highest BCUT2D eigenvalue weighted by Gasteiger charge is 2.69. The van der Waals surface area contributed by atoms with Crippen LogP contribution in [-0.2, 0) is 16.1 Å². The molecule has 2 aromatic rings. The lowest BCUT2D eigenvalue weighted by Crippen LogP contribution is -2.55. The highest BCUT2D eigenvalue weighted by Crippen LogP contribution is 2.55. The van der Waals surface area contributed by atoms with Gasteiger partial charge >= 0.3 is 5.97 Å². The molecule has 8 heteroatoms. The van der Waals surface area contributed by atoms with E-state index in [1.165, 1.54) is 20.2 Å². The molecular weight excluding hydrogens is 320 g/mol. The number of imidazole rings is 1. The number of aliphatic carboxylic acids is 1. The fourth-order valence-corrected chi connectivity index (χ4v) is 2.87. The summed E-state index contributed by atoms with van der Waals surface area (Å²) < 4.78 is 28.3. The van der Waals surface area contributed by atoms with Crippen molar-refractivity contribution in [2.45, 2.75) is 31.9 Å². The van der Waals surface area contributed by atoms with E-state index in [4.69, 9.17) is 0 Å². The van der Waals surface area contributed by atoms with E-state index in [1.54, 1.807) is 28.8 Å². The van der Waals surface area contributed by atoms with Crippen LogP contribution in [0.15, 0.2) is 30.6 Å². The second-order valence-corrected chi connectivity index (χ2v) is 6.43. The van der Waals surface area contributed by atoms with Crippen molar-refractivity contribution in [3.63, 3.8) is 0 Å². The van der Waals surface area contributed by atoms with Gasteiger partial charge in [0.2, 0.25) is 5.91 Å². The summed E-state index contributed by atoms with van der Waals surface area (Å²) in [5.74, 6) is -7.88. The molecule has 1 aliphatic carbocycles. The number of hydrogen-bond donors (Lipinski definition) is 2. The molecule has 0 bridgehead atoms. The van der Waals surface area contributed by atoms with Crippen LogP contribution >= 0.6 is 0 Å². The van der Waals surface area contributed by atoms with Gasteiger partial charge in [-0.15, -0.1) is 0 Å². The second kappa shape index (κ2) is 5.25. The number of aromatic nitrogens is 2. The van der Waals surface area contributed by atoms with Gasteiger partial charge in [0.15, 0.2) is 5.54 Å². The van der Waals surface area contributed by atoms with Crippen molar-refractivity contribution in [1.29, 1.82) is 0 Å². The second-order valence-electron chi connectivity index (χ2n) is 6.43. The Morgan fingerprint density at radius 1 is 1.42 bits per heavy atom. The van der Waals surface area contributed by atoms with Crippen molar-refractivity contribution in [1.82, 2.24) is 14.9 Å². The Kier molecular flexibility index (Phi) is 3.58. The normalized spacial score (nSPS) is 24.3. The molecule has 3 rings (SSSR count). The molecule has 1 saturated carbocycles. The van der Waals surface area contributed by atoms with E-state index in [0.29, 0.717) is 11.0 Å². The van der Waals surface area contributed by atoms with Crippen LogP contribution in [0.25, 0.3) is 11.0 Å². The number of nitrogens with zero attached hydrogens (tertiary/aromatic N) is 2. The Morgan fingerprint density at radius 3 is 2.62 bits per heavy atom. The highest BCUT2D eigenvalue weighted by molar-refractivity contribution is 5.90. The summed E-state index contributed by atoms with van der Waals surface area (Å²) in [4.78, 5) is 27.9. The molecule has 24 heavy (non-hydrogen) atoms. The van der Waals surface area contributed by atoms with Gasteiger partial charge < -0.3 is 15.0 Å². The Hall–Kier alpha value is -2.51. The zero-order valence-corrected chi connectivity index (χ0v) is 13.2. The molecule has 128 valence electrons. The number of alkyl halides is 2. The number of halogens is 2. The molecular formula is C16H17F2N3O3. The van der Waals surface area contributed by atoms with Gasteiger partial charge in [-0.05, 0) is 19.1 Å². The molecule has 6 nitrogen and oxygen atoms in total. The number of para-hydroxylation sites is 2. The van der Waals surface area contributed by atoms with Crippen LogP contribution in [-0.4, -0.2) is 38.0 Å². The van der Waals surface area contributed by atoms with Gasteiger partial charge in [-0.25, -0.2) is 18.6 Å². The Bertz CT molecular complexity index is 820. The van der Waals surface area contributed by atoms with Crippen molar-refractivity contribution >= 4 is 22.9 Å². The zero-order valence-electron chi connectivity index (χ0n) is 13.2. The lowest BCUT2D eigenvalue weighted by molar-refractivity contribution is -0.148. The molecule has 0 aliphatic heterocycles. The third-order valence-corrected chi connectivity index (χ3v) is 4.58. The first-order valence-corrected chi connectivity index (χ1v) is 7.50. The number of carbonyl (C=O) groups is 2. The molecule has 0 saturated heterocycles. The van der Waals surface area contributed by atoms with Gasteiger partial charge in [-0.2, -0.15) is 0 Å². The highest BCUT2D eigenvalue weighted by atomic mass is 19.3. The van der Waals surface area contributed by atoms with Crippen molar-refractivity contribution in [3.05, 3.63) is 30.6 Å². The maximum atomic E-state index is 13.4. The number of hydrogen-bond acceptors (Lipinski definition) is 3. The third kappa shape index (κ3) is 2.51. The maximum absolute atomic E-state index is 13.4. The summed E-state index contributed by atoms with van der Waals surface area (Å²) in [7, 11) is 0. The first kappa shape index (κ1) is 16.4. The van der Waals surface area contributed by atoms with Crippen LogP contribution < -0.4 is 5.32 Å².